The highest BCUT2D eigenvalue weighted by molar-refractivity contribution is 6.30. The van der Waals surface area contributed by atoms with Gasteiger partial charge in [0.05, 0.1) is 25.4 Å². The average Bonchev–Trinajstić information content (AvgIpc) is 3.40. The summed E-state index contributed by atoms with van der Waals surface area (Å²) in [5, 5.41) is 15.9. The minimum Gasteiger partial charge on any atom is -0.481 e. The van der Waals surface area contributed by atoms with E-state index < -0.39 is 29.4 Å². The number of nitrogens with one attached hydrogen (secondary N) is 2. The molecule has 0 radical (unpaired) electrons. The number of amides is 1. The fraction of sp³-hybridized carbons (Fsp3) is 0.207. The number of aromatic nitrogens is 1. The van der Waals surface area contributed by atoms with Crippen LogP contribution in [0.2, 0.25) is 5.02 Å². The zero-order chi connectivity index (χ0) is 27.7. The monoisotopic (exact) mass is 546 g/mol. The van der Waals surface area contributed by atoms with E-state index in [0.29, 0.717) is 22.9 Å². The number of hydrogen-bond donors (Lipinski definition) is 3. The largest absolute Gasteiger partial charge is 0.481 e. The summed E-state index contributed by atoms with van der Waals surface area (Å²) >= 11 is 6.09. The van der Waals surface area contributed by atoms with Crippen molar-refractivity contribution in [3.05, 3.63) is 95.7 Å². The topological polar surface area (TPSA) is 130 Å². The Morgan fingerprint density at radius 1 is 1.03 bits per heavy atom. The first-order valence-electron chi connectivity index (χ1n) is 12.3. The molecule has 39 heavy (non-hydrogen) atoms. The molecule has 4 rings (SSSR count). The van der Waals surface area contributed by atoms with Gasteiger partial charge in [0.2, 0.25) is 5.91 Å². The van der Waals surface area contributed by atoms with Gasteiger partial charge in [0.15, 0.2) is 5.54 Å². The van der Waals surface area contributed by atoms with Gasteiger partial charge < -0.3 is 20.5 Å². The van der Waals surface area contributed by atoms with Crippen LogP contribution in [-0.4, -0.2) is 52.8 Å². The van der Waals surface area contributed by atoms with Gasteiger partial charge >= 0.3 is 11.9 Å². The summed E-state index contributed by atoms with van der Waals surface area (Å²) in [6.07, 6.45) is 5.49. The van der Waals surface area contributed by atoms with E-state index in [4.69, 9.17) is 16.3 Å². The lowest BCUT2D eigenvalue weighted by atomic mass is 9.95. The van der Waals surface area contributed by atoms with Crippen molar-refractivity contribution in [3.8, 4) is 11.1 Å². The van der Waals surface area contributed by atoms with Gasteiger partial charge in [0.1, 0.15) is 12.4 Å². The number of esters is 1. The van der Waals surface area contributed by atoms with E-state index in [2.05, 4.69) is 20.6 Å². The molecule has 0 bridgehead atoms. The number of rotatable bonds is 12. The maximum Gasteiger partial charge on any atom is 0.338 e. The molecule has 0 fully saturated rings. The van der Waals surface area contributed by atoms with E-state index >= 15 is 0 Å². The van der Waals surface area contributed by atoms with Crippen LogP contribution in [0, 0.1) is 0 Å². The van der Waals surface area contributed by atoms with Gasteiger partial charge in [-0.05, 0) is 53.1 Å². The second-order valence-electron chi connectivity index (χ2n) is 8.87. The molecule has 1 aromatic heterocycles. The van der Waals surface area contributed by atoms with E-state index in [9.17, 15) is 19.5 Å². The van der Waals surface area contributed by atoms with Crippen LogP contribution in [-0.2, 0) is 19.1 Å². The predicted octanol–water partition coefficient (Wildman–Crippen LogP) is 4.46. The van der Waals surface area contributed by atoms with E-state index in [1.807, 2.05) is 36.4 Å². The number of carboxylic acids is 1. The number of aliphatic imine (C=N–C) groups is 1. The first kappa shape index (κ1) is 27.5. The Bertz CT molecular complexity index is 1360. The fourth-order valence-electron chi connectivity index (χ4n) is 4.13. The number of benzene rings is 2. The van der Waals surface area contributed by atoms with Gasteiger partial charge in [-0.1, -0.05) is 54.1 Å². The minimum atomic E-state index is -1.51. The second kappa shape index (κ2) is 12.8. The molecule has 1 amide bonds. The lowest BCUT2D eigenvalue weighted by molar-refractivity contribution is -0.149. The number of allylic oxidation sites excluding steroid dienone is 1. The van der Waals surface area contributed by atoms with E-state index in [1.54, 1.807) is 42.6 Å². The fourth-order valence-corrected chi connectivity index (χ4v) is 4.32. The Labute approximate surface area is 230 Å². The predicted molar refractivity (Wildman–Crippen MR) is 149 cm³/mol. The van der Waals surface area contributed by atoms with Gasteiger partial charge in [-0.3, -0.25) is 14.6 Å². The summed E-state index contributed by atoms with van der Waals surface area (Å²) in [7, 11) is 0. The van der Waals surface area contributed by atoms with Gasteiger partial charge in [0.25, 0.3) is 0 Å². The van der Waals surface area contributed by atoms with Crippen LogP contribution < -0.4 is 10.6 Å². The van der Waals surface area contributed by atoms with Crippen molar-refractivity contribution >= 4 is 41.5 Å². The number of carbonyl (C=O) groups excluding carboxylic acids is 2. The average molecular weight is 547 g/mol. The van der Waals surface area contributed by atoms with Crippen molar-refractivity contribution in [2.75, 3.05) is 18.5 Å². The molecule has 9 nitrogen and oxygen atoms in total. The van der Waals surface area contributed by atoms with Crippen LogP contribution in [0.4, 0.5) is 5.82 Å². The molecule has 3 N–H and O–H groups in total. The summed E-state index contributed by atoms with van der Waals surface area (Å²) in [4.78, 5) is 45.9. The molecular formula is C29H27ClN4O5. The van der Waals surface area contributed by atoms with Gasteiger partial charge in [-0.15, -0.1) is 0 Å². The van der Waals surface area contributed by atoms with Crippen LogP contribution in [0.25, 0.3) is 11.1 Å². The Kier molecular flexibility index (Phi) is 9.06. The quantitative estimate of drug-likeness (QED) is 0.226. The highest BCUT2D eigenvalue weighted by atomic mass is 35.5. The number of carboxylic acid groups (broad SMARTS) is 1. The maximum atomic E-state index is 13.1. The van der Waals surface area contributed by atoms with E-state index in [1.165, 1.54) is 12.3 Å². The van der Waals surface area contributed by atoms with Crippen LogP contribution in [0.5, 0.6) is 0 Å². The molecule has 2 heterocycles. The molecule has 1 aliphatic rings. The molecule has 2 aromatic carbocycles. The van der Waals surface area contributed by atoms with Crippen molar-refractivity contribution in [1.82, 2.24) is 10.3 Å². The van der Waals surface area contributed by atoms with Crippen molar-refractivity contribution in [1.29, 1.82) is 0 Å². The summed E-state index contributed by atoms with van der Waals surface area (Å²) in [5.41, 5.74) is 0.902. The van der Waals surface area contributed by atoms with Crippen molar-refractivity contribution < 1.29 is 24.2 Å². The second-order valence-corrected chi connectivity index (χ2v) is 9.30. The zero-order valence-corrected chi connectivity index (χ0v) is 21.7. The Balaban J connectivity index is 1.39. The highest BCUT2D eigenvalue weighted by Crippen LogP contribution is 2.27. The third-order valence-electron chi connectivity index (χ3n) is 6.04. The number of anilines is 1. The summed E-state index contributed by atoms with van der Waals surface area (Å²) in [5.74, 6) is -1.64. The molecule has 200 valence electrons. The van der Waals surface area contributed by atoms with Crippen LogP contribution >= 0.6 is 11.6 Å². The van der Waals surface area contributed by atoms with Crippen molar-refractivity contribution in [2.24, 2.45) is 4.99 Å². The molecule has 0 aliphatic carbocycles. The molecule has 2 unspecified atom stereocenters. The van der Waals surface area contributed by atoms with Crippen LogP contribution in [0.1, 0.15) is 24.4 Å². The molecule has 1 aliphatic heterocycles. The Morgan fingerprint density at radius 2 is 1.85 bits per heavy atom. The molecule has 0 saturated carbocycles. The smallest absolute Gasteiger partial charge is 0.338 e. The minimum absolute atomic E-state index is 0.0444. The number of carbonyl (C=O) groups is 3. The molecule has 3 aromatic rings. The lowest BCUT2D eigenvalue weighted by Gasteiger charge is -2.24. The number of ether oxygens (including phenoxy) is 1. The van der Waals surface area contributed by atoms with Crippen LogP contribution in [0.15, 0.2) is 90.1 Å². The normalized spacial score (nSPS) is 16.4. The third-order valence-corrected chi connectivity index (χ3v) is 6.27. The highest BCUT2D eigenvalue weighted by Gasteiger charge is 2.41. The van der Waals surface area contributed by atoms with Crippen molar-refractivity contribution in [3.63, 3.8) is 0 Å². The van der Waals surface area contributed by atoms with Crippen molar-refractivity contribution in [2.45, 2.75) is 24.4 Å². The SMILES string of the molecule is O=C(O)CC(NC(=O)CC1(C(=O)OCCNc2ccccn2)C=CC=N1)c1ccc(-c2cccc(Cl)c2)cc1. The van der Waals surface area contributed by atoms with Gasteiger partial charge in [0, 0.05) is 17.4 Å². The molecule has 0 saturated heterocycles. The molecule has 10 heteroatoms. The summed E-state index contributed by atoms with van der Waals surface area (Å²) in [6, 6.07) is 19.2. The third kappa shape index (κ3) is 7.52. The van der Waals surface area contributed by atoms with E-state index in [-0.39, 0.29) is 19.4 Å². The standard InChI is InChI=1S/C29H27ClN4O5/c30-23-6-3-5-22(17-23)20-8-10-21(11-9-20)24(18-27(36)37)34-26(35)19-29(12-4-14-33-29)28(38)39-16-15-32-25-7-1-2-13-31-25/h1-14,17,24H,15-16,18-19H2,(H,31,32)(H,34,35)(H,36,37). The summed E-state index contributed by atoms with van der Waals surface area (Å²) < 4.78 is 5.39. The number of aliphatic carboxylic acids is 1. The number of hydrogen-bond acceptors (Lipinski definition) is 7. The summed E-state index contributed by atoms with van der Waals surface area (Å²) in [6.45, 7) is 0.368. The zero-order valence-electron chi connectivity index (χ0n) is 20.9. The number of pyridine rings is 1. The Morgan fingerprint density at radius 3 is 2.51 bits per heavy atom. The van der Waals surface area contributed by atoms with Gasteiger partial charge in [-0.25, -0.2) is 9.78 Å². The first-order chi connectivity index (χ1) is 18.8. The molecular weight excluding hydrogens is 520 g/mol. The Hall–Kier alpha value is -4.50. The maximum absolute atomic E-state index is 13.1. The number of halogens is 1. The molecule has 2 atom stereocenters. The van der Waals surface area contributed by atoms with Crippen LogP contribution in [0.3, 0.4) is 0 Å². The van der Waals surface area contributed by atoms with Gasteiger partial charge in [-0.2, -0.15) is 0 Å². The number of nitrogens with zero attached hydrogens (tertiary/aromatic N) is 2. The molecule has 0 spiro atoms. The lowest BCUT2D eigenvalue weighted by Crippen LogP contribution is -2.42. The van der Waals surface area contributed by atoms with E-state index in [0.717, 1.165) is 11.1 Å². The first-order valence-corrected chi connectivity index (χ1v) is 12.6.